The molecule has 3 aromatic carbocycles. The first kappa shape index (κ1) is 39.1. The number of piperidine rings is 2. The molecule has 0 spiro atoms. The molecule has 58 heavy (non-hydrogen) atoms. The highest BCUT2D eigenvalue weighted by Gasteiger charge is 2.46. The zero-order chi connectivity index (χ0) is 40.7. The molecule has 3 saturated heterocycles. The van der Waals surface area contributed by atoms with Gasteiger partial charge in [0.15, 0.2) is 0 Å². The van der Waals surface area contributed by atoms with E-state index in [1.807, 2.05) is 41.3 Å². The zero-order valence-electron chi connectivity index (χ0n) is 32.2. The van der Waals surface area contributed by atoms with Gasteiger partial charge < -0.3 is 19.9 Å². The number of halogens is 1. The van der Waals surface area contributed by atoms with Gasteiger partial charge >= 0.3 is 0 Å². The molecule has 0 saturated carbocycles. The number of aryl methyl sites for hydroxylation is 1. The summed E-state index contributed by atoms with van der Waals surface area (Å²) in [6, 6.07) is 19.3. The highest BCUT2D eigenvalue weighted by molar-refractivity contribution is 9.10. The maximum atomic E-state index is 13.5. The van der Waals surface area contributed by atoms with Crippen LogP contribution < -0.4 is 20.9 Å². The van der Waals surface area contributed by atoms with Crippen LogP contribution in [-0.4, -0.2) is 117 Å². The SMILES string of the molecule is CN1C[C@@H](Nc2cnn(C)c(=O)c2Br)C[C@@H](c2ccc(C(=O)N3CCN(Cc4ccc(Oc5cccc6c5C(=O)N(C5CCC(=O)NC5=O)C6=O)cc4)CC3)cc2)C1. The van der Waals surface area contributed by atoms with E-state index < -0.39 is 29.7 Å². The van der Waals surface area contributed by atoms with Crippen LogP contribution in [0.4, 0.5) is 5.69 Å². The molecule has 1 aromatic heterocycles. The number of nitrogens with one attached hydrogen (secondary N) is 2. The highest BCUT2D eigenvalue weighted by Crippen LogP contribution is 2.36. The second kappa shape index (κ2) is 16.3. The maximum absolute atomic E-state index is 13.5. The molecule has 3 fully saturated rings. The molecule has 4 aromatic rings. The van der Waals surface area contributed by atoms with Crippen LogP contribution in [0.2, 0.25) is 0 Å². The van der Waals surface area contributed by atoms with Gasteiger partial charge in [-0.15, -0.1) is 0 Å². The average Bonchev–Trinajstić information content (AvgIpc) is 3.47. The third-order valence-corrected chi connectivity index (χ3v) is 12.1. The fourth-order valence-electron chi connectivity index (χ4n) is 8.30. The predicted molar refractivity (Wildman–Crippen MR) is 217 cm³/mol. The molecule has 0 radical (unpaired) electrons. The molecule has 1 unspecified atom stereocenters. The third-order valence-electron chi connectivity index (χ3n) is 11.3. The first-order valence-electron chi connectivity index (χ1n) is 19.3. The summed E-state index contributed by atoms with van der Waals surface area (Å²) in [5.41, 5.74) is 3.63. The quantitative estimate of drug-likeness (QED) is 0.237. The number of piperazine rings is 1. The van der Waals surface area contributed by atoms with Gasteiger partial charge in [0.05, 0.1) is 23.0 Å². The van der Waals surface area contributed by atoms with Crippen LogP contribution in [0, 0.1) is 0 Å². The minimum Gasteiger partial charge on any atom is -0.457 e. The smallest absolute Gasteiger partial charge is 0.282 e. The number of nitrogens with zero attached hydrogens (tertiary/aromatic N) is 6. The zero-order valence-corrected chi connectivity index (χ0v) is 33.7. The Morgan fingerprint density at radius 3 is 2.38 bits per heavy atom. The number of carbonyl (C=O) groups is 5. The number of carbonyl (C=O) groups excluding carboxylic acids is 5. The van der Waals surface area contributed by atoms with Gasteiger partial charge in [0, 0.05) is 70.9 Å². The van der Waals surface area contributed by atoms with Crippen LogP contribution in [0.5, 0.6) is 11.5 Å². The summed E-state index contributed by atoms with van der Waals surface area (Å²) in [6.45, 7) is 5.07. The number of ether oxygens (including phenoxy) is 1. The highest BCUT2D eigenvalue weighted by atomic mass is 79.9. The van der Waals surface area contributed by atoms with Crippen molar-refractivity contribution in [1.82, 2.24) is 34.7 Å². The molecule has 8 rings (SSSR count). The fraction of sp³-hybridized carbons (Fsp3) is 0.357. The van der Waals surface area contributed by atoms with Crippen LogP contribution in [0.1, 0.15) is 67.4 Å². The van der Waals surface area contributed by atoms with Crippen molar-refractivity contribution in [2.24, 2.45) is 7.05 Å². The van der Waals surface area contributed by atoms with Crippen molar-refractivity contribution in [2.75, 3.05) is 51.6 Å². The van der Waals surface area contributed by atoms with E-state index in [1.165, 1.54) is 16.3 Å². The van der Waals surface area contributed by atoms with Gasteiger partial charge in [-0.3, -0.25) is 43.9 Å². The van der Waals surface area contributed by atoms with E-state index >= 15 is 0 Å². The first-order chi connectivity index (χ1) is 27.9. The normalized spacial score (nSPS) is 21.5. The number of anilines is 1. The monoisotopic (exact) mass is 850 g/mol. The summed E-state index contributed by atoms with van der Waals surface area (Å²) in [5.74, 6) is -1.34. The number of hydrogen-bond donors (Lipinski definition) is 2. The molecule has 2 N–H and O–H groups in total. The number of fused-ring (bicyclic) bond motifs is 1. The van der Waals surface area contributed by atoms with E-state index in [9.17, 15) is 28.8 Å². The summed E-state index contributed by atoms with van der Waals surface area (Å²) in [6.07, 6.45) is 2.66. The van der Waals surface area contributed by atoms with Gasteiger partial charge in [-0.1, -0.05) is 30.3 Å². The second-order valence-electron chi connectivity index (χ2n) is 15.4. The van der Waals surface area contributed by atoms with Gasteiger partial charge in [-0.25, -0.2) is 4.68 Å². The minimum absolute atomic E-state index is 0.0174. The number of hydrogen-bond acceptors (Lipinski definition) is 11. The summed E-state index contributed by atoms with van der Waals surface area (Å²) >= 11 is 3.42. The second-order valence-corrected chi connectivity index (χ2v) is 16.2. The van der Waals surface area contributed by atoms with E-state index in [0.717, 1.165) is 43.1 Å². The van der Waals surface area contributed by atoms with Crippen molar-refractivity contribution in [1.29, 1.82) is 0 Å². The molecule has 300 valence electrons. The van der Waals surface area contributed by atoms with Crippen molar-refractivity contribution in [3.8, 4) is 11.5 Å². The Bertz CT molecular complexity index is 2340. The number of likely N-dealkylation sites (tertiary alicyclic amines) is 1. The average molecular weight is 852 g/mol. The van der Waals surface area contributed by atoms with Gasteiger partial charge in [0.25, 0.3) is 23.3 Å². The Morgan fingerprint density at radius 2 is 1.66 bits per heavy atom. The molecule has 15 nitrogen and oxygen atoms in total. The molecular weight excluding hydrogens is 808 g/mol. The molecule has 0 aliphatic carbocycles. The van der Waals surface area contributed by atoms with E-state index in [-0.39, 0.29) is 53.1 Å². The van der Waals surface area contributed by atoms with Crippen LogP contribution in [0.15, 0.2) is 82.2 Å². The van der Waals surface area contributed by atoms with Crippen molar-refractivity contribution in [2.45, 2.75) is 43.8 Å². The molecular formula is C42H43BrN8O7. The summed E-state index contributed by atoms with van der Waals surface area (Å²) in [4.78, 5) is 84.0. The third kappa shape index (κ3) is 7.91. The van der Waals surface area contributed by atoms with Crippen LogP contribution in [0.25, 0.3) is 0 Å². The lowest BCUT2D eigenvalue weighted by Gasteiger charge is -2.37. The van der Waals surface area contributed by atoms with E-state index in [1.54, 1.807) is 25.4 Å². The van der Waals surface area contributed by atoms with Crippen molar-refractivity contribution < 1.29 is 28.7 Å². The Balaban J connectivity index is 0.830. The summed E-state index contributed by atoms with van der Waals surface area (Å²) in [7, 11) is 3.71. The molecule has 3 atom stereocenters. The molecule has 16 heteroatoms. The summed E-state index contributed by atoms with van der Waals surface area (Å²) in [5, 5.41) is 9.87. The number of amides is 5. The summed E-state index contributed by atoms with van der Waals surface area (Å²) < 4.78 is 7.87. The van der Waals surface area contributed by atoms with E-state index in [0.29, 0.717) is 41.1 Å². The van der Waals surface area contributed by atoms with Crippen LogP contribution >= 0.6 is 15.9 Å². The maximum Gasteiger partial charge on any atom is 0.282 e. The van der Waals surface area contributed by atoms with Gasteiger partial charge in [0.1, 0.15) is 22.0 Å². The molecule has 5 amide bonds. The van der Waals surface area contributed by atoms with E-state index in [2.05, 4.69) is 60.6 Å². The van der Waals surface area contributed by atoms with Crippen LogP contribution in [-0.2, 0) is 23.2 Å². The molecule has 0 bridgehead atoms. The van der Waals surface area contributed by atoms with Crippen molar-refractivity contribution in [3.05, 3.63) is 116 Å². The lowest BCUT2D eigenvalue weighted by atomic mass is 9.87. The molecule has 5 heterocycles. The number of aromatic nitrogens is 2. The lowest BCUT2D eigenvalue weighted by Crippen LogP contribution is -2.54. The number of likely N-dealkylation sites (N-methyl/N-ethyl adjacent to an activating group) is 1. The number of imide groups is 2. The molecule has 4 aliphatic rings. The largest absolute Gasteiger partial charge is 0.457 e. The lowest BCUT2D eigenvalue weighted by molar-refractivity contribution is -0.136. The first-order valence-corrected chi connectivity index (χ1v) is 20.1. The Morgan fingerprint density at radius 1 is 0.914 bits per heavy atom. The number of benzene rings is 3. The predicted octanol–water partition coefficient (Wildman–Crippen LogP) is 3.59. The Hall–Kier alpha value is -5.71. The van der Waals surface area contributed by atoms with Gasteiger partial charge in [0.2, 0.25) is 11.8 Å². The Labute approximate surface area is 343 Å². The van der Waals surface area contributed by atoms with Crippen LogP contribution in [0.3, 0.4) is 0 Å². The number of rotatable bonds is 9. The van der Waals surface area contributed by atoms with E-state index in [4.69, 9.17) is 4.74 Å². The van der Waals surface area contributed by atoms with Crippen molar-refractivity contribution in [3.63, 3.8) is 0 Å². The molecule has 4 aliphatic heterocycles. The Kier molecular flexibility index (Phi) is 11.0. The topological polar surface area (TPSA) is 166 Å². The van der Waals surface area contributed by atoms with Crippen molar-refractivity contribution >= 4 is 51.2 Å². The standard InChI is InChI=1S/C42H43BrN8O7/c1-47-23-28(20-29(24-47)45-32-21-44-48(2)42(57)37(32)43)26-8-10-27(11-9-26)39(54)50-18-16-49(17-19-50)22-25-6-12-30(13-7-25)58-34-5-3-4-31-36(34)41(56)51(40(31)55)33-14-15-35(52)46-38(33)53/h3-13,21,28-29,33,45H,14-20,22-24H2,1-2H3,(H,46,52,53)/t28-,29+,33?/m1/s1. The fourth-order valence-corrected chi connectivity index (χ4v) is 8.78. The van der Waals surface area contributed by atoms with Gasteiger partial charge in [-0.2, -0.15) is 5.10 Å². The van der Waals surface area contributed by atoms with Gasteiger partial charge in [-0.05, 0) is 89.3 Å². The minimum atomic E-state index is -1.06.